The molecular formula is C26H33N5O4. The summed E-state index contributed by atoms with van der Waals surface area (Å²) < 4.78 is 8.90. The Kier molecular flexibility index (Phi) is 6.98. The number of nitrogens with zero attached hydrogens (tertiary/aromatic N) is 4. The van der Waals surface area contributed by atoms with Gasteiger partial charge in [0, 0.05) is 46.3 Å². The molecule has 9 nitrogen and oxygen atoms in total. The van der Waals surface area contributed by atoms with Crippen LogP contribution in [-0.4, -0.2) is 63.0 Å². The number of piperazine rings is 1. The average Bonchev–Trinajstić information content (AvgIpc) is 3.03. The number of hydrogen-bond donors (Lipinski definition) is 1. The standard InChI is InChI=1S/C26H33N5O4/c1-17(2)35-21-9-6-19(7-10-21)24-15-30(18(3)32)12-13-31(24)16-25(33)27-20-8-11-22-23(14-20)29(5)26(34)28(22)4/h6-11,14,17,24H,12-13,15-16H2,1-5H3,(H,27,33). The summed E-state index contributed by atoms with van der Waals surface area (Å²) in [5.41, 5.74) is 3.12. The van der Waals surface area contributed by atoms with Crippen LogP contribution in [0.2, 0.25) is 0 Å². The summed E-state index contributed by atoms with van der Waals surface area (Å²) in [6.45, 7) is 7.41. The van der Waals surface area contributed by atoms with Gasteiger partial charge in [-0.25, -0.2) is 4.79 Å². The lowest BCUT2D eigenvalue weighted by atomic mass is 10.0. The lowest BCUT2D eigenvalue weighted by Crippen LogP contribution is -2.51. The molecule has 1 N–H and O–H groups in total. The normalized spacial score (nSPS) is 16.6. The van der Waals surface area contributed by atoms with Gasteiger partial charge >= 0.3 is 5.69 Å². The summed E-state index contributed by atoms with van der Waals surface area (Å²) in [5, 5.41) is 2.97. The molecule has 35 heavy (non-hydrogen) atoms. The zero-order valence-corrected chi connectivity index (χ0v) is 20.9. The highest BCUT2D eigenvalue weighted by atomic mass is 16.5. The van der Waals surface area contributed by atoms with Gasteiger partial charge in [0.25, 0.3) is 0 Å². The Balaban J connectivity index is 1.51. The van der Waals surface area contributed by atoms with Crippen LogP contribution < -0.4 is 15.7 Å². The van der Waals surface area contributed by atoms with Crippen molar-refractivity contribution in [2.45, 2.75) is 32.9 Å². The SMILES string of the molecule is CC(=O)N1CCN(CC(=O)Nc2ccc3c(c2)n(C)c(=O)n3C)C(c2ccc(OC(C)C)cc2)C1. The Labute approximate surface area is 204 Å². The number of benzene rings is 2. The molecule has 1 aromatic heterocycles. The molecule has 0 bridgehead atoms. The van der Waals surface area contributed by atoms with Gasteiger partial charge in [-0.05, 0) is 49.7 Å². The first-order valence-corrected chi connectivity index (χ1v) is 11.9. The van der Waals surface area contributed by atoms with Gasteiger partial charge in [-0.15, -0.1) is 0 Å². The molecule has 1 unspecified atom stereocenters. The summed E-state index contributed by atoms with van der Waals surface area (Å²) in [7, 11) is 3.44. The first kappa shape index (κ1) is 24.5. The van der Waals surface area contributed by atoms with Crippen molar-refractivity contribution in [3.63, 3.8) is 0 Å². The van der Waals surface area contributed by atoms with E-state index < -0.39 is 0 Å². The van der Waals surface area contributed by atoms with Crippen molar-refractivity contribution in [1.29, 1.82) is 0 Å². The molecule has 0 radical (unpaired) electrons. The van der Waals surface area contributed by atoms with E-state index in [2.05, 4.69) is 10.2 Å². The molecule has 4 rings (SSSR count). The first-order chi connectivity index (χ1) is 16.6. The molecule has 0 aliphatic carbocycles. The largest absolute Gasteiger partial charge is 0.491 e. The zero-order chi connectivity index (χ0) is 25.3. The molecule has 1 aliphatic rings. The van der Waals surface area contributed by atoms with Gasteiger partial charge in [-0.3, -0.25) is 23.6 Å². The van der Waals surface area contributed by atoms with E-state index in [1.165, 1.54) is 0 Å². The maximum atomic E-state index is 13.0. The van der Waals surface area contributed by atoms with Crippen LogP contribution in [0.1, 0.15) is 32.4 Å². The molecule has 3 aromatic rings. The van der Waals surface area contributed by atoms with E-state index in [1.54, 1.807) is 36.2 Å². The van der Waals surface area contributed by atoms with Gasteiger partial charge in [0.05, 0.1) is 29.7 Å². The molecule has 9 heteroatoms. The molecule has 1 aliphatic heterocycles. The Morgan fingerprint density at radius 1 is 1.03 bits per heavy atom. The van der Waals surface area contributed by atoms with Crippen molar-refractivity contribution >= 4 is 28.5 Å². The van der Waals surface area contributed by atoms with Crippen molar-refractivity contribution in [3.05, 3.63) is 58.5 Å². The van der Waals surface area contributed by atoms with Gasteiger partial charge in [0.15, 0.2) is 0 Å². The molecule has 1 fully saturated rings. The van der Waals surface area contributed by atoms with Gasteiger partial charge in [-0.2, -0.15) is 0 Å². The third-order valence-electron chi connectivity index (χ3n) is 6.48. The van der Waals surface area contributed by atoms with E-state index in [9.17, 15) is 14.4 Å². The number of carbonyl (C=O) groups excluding carboxylic acids is 2. The summed E-state index contributed by atoms with van der Waals surface area (Å²) >= 11 is 0. The van der Waals surface area contributed by atoms with Crippen LogP contribution in [0.4, 0.5) is 5.69 Å². The fourth-order valence-electron chi connectivity index (χ4n) is 4.62. The second-order valence-electron chi connectivity index (χ2n) is 9.34. The number of aromatic nitrogens is 2. The topological polar surface area (TPSA) is 88.8 Å². The number of hydrogen-bond acceptors (Lipinski definition) is 5. The molecule has 2 heterocycles. The predicted molar refractivity (Wildman–Crippen MR) is 136 cm³/mol. The number of imidazole rings is 1. The van der Waals surface area contributed by atoms with Crippen molar-refractivity contribution in [2.24, 2.45) is 14.1 Å². The molecule has 0 spiro atoms. The predicted octanol–water partition coefficient (Wildman–Crippen LogP) is 2.51. The number of rotatable bonds is 6. The molecular weight excluding hydrogens is 446 g/mol. The van der Waals surface area contributed by atoms with Crippen molar-refractivity contribution in [1.82, 2.24) is 18.9 Å². The highest BCUT2D eigenvalue weighted by Gasteiger charge is 2.30. The van der Waals surface area contributed by atoms with Gasteiger partial charge < -0.3 is 15.0 Å². The minimum absolute atomic E-state index is 0.0284. The molecule has 1 atom stereocenters. The van der Waals surface area contributed by atoms with Crippen LogP contribution in [-0.2, 0) is 23.7 Å². The smallest absolute Gasteiger partial charge is 0.328 e. The van der Waals surface area contributed by atoms with E-state index in [-0.39, 0.29) is 36.2 Å². The second kappa shape index (κ2) is 9.95. The summed E-state index contributed by atoms with van der Waals surface area (Å²) in [6.07, 6.45) is 0.0847. The number of ether oxygens (including phenoxy) is 1. The van der Waals surface area contributed by atoms with Crippen molar-refractivity contribution in [2.75, 3.05) is 31.5 Å². The Hall–Kier alpha value is -3.59. The third-order valence-corrected chi connectivity index (χ3v) is 6.48. The van der Waals surface area contributed by atoms with E-state index in [0.29, 0.717) is 25.3 Å². The molecule has 2 aromatic carbocycles. The molecule has 1 saturated heterocycles. The summed E-state index contributed by atoms with van der Waals surface area (Å²) in [6, 6.07) is 13.2. The third kappa shape index (κ3) is 5.24. The highest BCUT2D eigenvalue weighted by molar-refractivity contribution is 5.94. The summed E-state index contributed by atoms with van der Waals surface area (Å²) in [5.74, 6) is 0.671. The first-order valence-electron chi connectivity index (χ1n) is 11.9. The van der Waals surface area contributed by atoms with Gasteiger partial charge in [0.2, 0.25) is 11.8 Å². The number of amides is 2. The van der Waals surface area contributed by atoms with Crippen LogP contribution in [0.3, 0.4) is 0 Å². The minimum Gasteiger partial charge on any atom is -0.491 e. The maximum absolute atomic E-state index is 13.0. The lowest BCUT2D eigenvalue weighted by Gasteiger charge is -2.41. The Morgan fingerprint density at radius 2 is 1.71 bits per heavy atom. The Morgan fingerprint density at radius 3 is 2.37 bits per heavy atom. The van der Waals surface area contributed by atoms with Crippen LogP contribution in [0.25, 0.3) is 11.0 Å². The zero-order valence-electron chi connectivity index (χ0n) is 20.9. The number of aryl methyl sites for hydroxylation is 2. The van der Waals surface area contributed by atoms with E-state index in [0.717, 1.165) is 22.3 Å². The fraction of sp³-hybridized carbons (Fsp3) is 0.423. The fourth-order valence-corrected chi connectivity index (χ4v) is 4.62. The number of anilines is 1. The molecule has 2 amide bonds. The maximum Gasteiger partial charge on any atom is 0.328 e. The van der Waals surface area contributed by atoms with Gasteiger partial charge in [-0.1, -0.05) is 12.1 Å². The average molecular weight is 480 g/mol. The van der Waals surface area contributed by atoms with E-state index in [4.69, 9.17) is 4.74 Å². The number of carbonyl (C=O) groups is 2. The van der Waals surface area contributed by atoms with Crippen LogP contribution in [0, 0.1) is 0 Å². The number of nitrogens with one attached hydrogen (secondary N) is 1. The summed E-state index contributed by atoms with van der Waals surface area (Å²) in [4.78, 5) is 41.2. The lowest BCUT2D eigenvalue weighted by molar-refractivity contribution is -0.132. The van der Waals surface area contributed by atoms with Crippen LogP contribution >= 0.6 is 0 Å². The number of fused-ring (bicyclic) bond motifs is 1. The van der Waals surface area contributed by atoms with Gasteiger partial charge in [0.1, 0.15) is 5.75 Å². The Bertz CT molecular complexity index is 1290. The van der Waals surface area contributed by atoms with Crippen molar-refractivity contribution in [3.8, 4) is 5.75 Å². The second-order valence-corrected chi connectivity index (χ2v) is 9.34. The molecule has 186 valence electrons. The van der Waals surface area contributed by atoms with Crippen LogP contribution in [0.5, 0.6) is 5.75 Å². The van der Waals surface area contributed by atoms with Crippen LogP contribution in [0.15, 0.2) is 47.3 Å². The van der Waals surface area contributed by atoms with E-state index >= 15 is 0 Å². The monoisotopic (exact) mass is 479 g/mol. The highest BCUT2D eigenvalue weighted by Crippen LogP contribution is 2.28. The van der Waals surface area contributed by atoms with Crippen molar-refractivity contribution < 1.29 is 14.3 Å². The van der Waals surface area contributed by atoms with E-state index in [1.807, 2.05) is 55.1 Å². The minimum atomic E-state index is -0.147. The quantitative estimate of drug-likeness (QED) is 0.587. The molecule has 0 saturated carbocycles.